The molecule has 2 aromatic carbocycles. The van der Waals surface area contributed by atoms with E-state index in [4.69, 9.17) is 4.74 Å². The van der Waals surface area contributed by atoms with Crippen LogP contribution in [0.15, 0.2) is 54.1 Å². The predicted octanol–water partition coefficient (Wildman–Crippen LogP) is 3.99. The van der Waals surface area contributed by atoms with Crippen molar-refractivity contribution in [2.45, 2.75) is 32.4 Å². The van der Waals surface area contributed by atoms with Crippen molar-refractivity contribution in [3.05, 3.63) is 71.0 Å². The number of ketones is 1. The summed E-state index contributed by atoms with van der Waals surface area (Å²) in [5.41, 5.74) is 0.425. The molecule has 1 N–H and O–H groups in total. The Bertz CT molecular complexity index is 1010. The standard InChI is InChI=1S/C25H29FN2O4/c1-16(2)32-18-12-10-17(11-13-18)23(29)21-22(19-8-5-6-9-20(19)26)28(25(31)24(21)30)15-7-14-27(3)4/h5-6,8-13,16,22,29H,7,14-15H2,1-4H3/t22-/m1/s1. The second kappa shape index (κ2) is 9.96. The highest BCUT2D eigenvalue weighted by Gasteiger charge is 2.46. The summed E-state index contributed by atoms with van der Waals surface area (Å²) in [7, 11) is 3.82. The van der Waals surface area contributed by atoms with Crippen molar-refractivity contribution in [1.29, 1.82) is 0 Å². The largest absolute Gasteiger partial charge is 0.507 e. The van der Waals surface area contributed by atoms with E-state index in [-0.39, 0.29) is 29.5 Å². The Balaban J connectivity index is 2.05. The van der Waals surface area contributed by atoms with Gasteiger partial charge in [0, 0.05) is 17.7 Å². The van der Waals surface area contributed by atoms with Gasteiger partial charge in [-0.05, 0) is 71.2 Å². The van der Waals surface area contributed by atoms with E-state index in [9.17, 15) is 19.1 Å². The zero-order valence-corrected chi connectivity index (χ0v) is 18.8. The molecule has 0 radical (unpaired) electrons. The Morgan fingerprint density at radius 1 is 1.12 bits per heavy atom. The Hall–Kier alpha value is -3.19. The van der Waals surface area contributed by atoms with E-state index in [0.29, 0.717) is 24.3 Å². The number of nitrogens with zero attached hydrogens (tertiary/aromatic N) is 2. The van der Waals surface area contributed by atoms with Crippen LogP contribution in [0, 0.1) is 5.82 Å². The van der Waals surface area contributed by atoms with Crippen LogP contribution < -0.4 is 4.74 Å². The molecule has 1 fully saturated rings. The summed E-state index contributed by atoms with van der Waals surface area (Å²) >= 11 is 0. The minimum absolute atomic E-state index is 0.0111. The molecule has 1 saturated heterocycles. The lowest BCUT2D eigenvalue weighted by Crippen LogP contribution is -2.32. The minimum atomic E-state index is -0.995. The van der Waals surface area contributed by atoms with E-state index in [1.165, 1.54) is 17.0 Å². The number of aliphatic hydroxyl groups excluding tert-OH is 1. The zero-order valence-electron chi connectivity index (χ0n) is 18.8. The van der Waals surface area contributed by atoms with Crippen LogP contribution in [0.5, 0.6) is 5.75 Å². The molecule has 0 aromatic heterocycles. The third-order valence-corrected chi connectivity index (χ3v) is 5.24. The SMILES string of the molecule is CC(C)Oc1ccc(C(O)=C2C(=O)C(=O)N(CCCN(C)C)[C@@H]2c2ccccc2F)cc1. The number of carbonyl (C=O) groups is 2. The Morgan fingerprint density at radius 2 is 1.78 bits per heavy atom. The van der Waals surface area contributed by atoms with Crippen LogP contribution in [0.3, 0.4) is 0 Å². The number of benzene rings is 2. The second-order valence-electron chi connectivity index (χ2n) is 8.36. The molecule has 7 heteroatoms. The van der Waals surface area contributed by atoms with Gasteiger partial charge in [-0.2, -0.15) is 0 Å². The van der Waals surface area contributed by atoms with E-state index >= 15 is 0 Å². The molecular formula is C25H29FN2O4. The molecule has 0 spiro atoms. The summed E-state index contributed by atoms with van der Waals surface area (Å²) in [5, 5.41) is 11.0. The molecule has 32 heavy (non-hydrogen) atoms. The average molecular weight is 441 g/mol. The second-order valence-corrected chi connectivity index (χ2v) is 8.36. The van der Waals surface area contributed by atoms with Gasteiger partial charge in [-0.25, -0.2) is 4.39 Å². The zero-order chi connectivity index (χ0) is 23.4. The van der Waals surface area contributed by atoms with Gasteiger partial charge in [0.15, 0.2) is 0 Å². The lowest BCUT2D eigenvalue weighted by molar-refractivity contribution is -0.140. The van der Waals surface area contributed by atoms with Crippen molar-refractivity contribution in [2.75, 3.05) is 27.2 Å². The number of Topliss-reactive ketones (excluding diaryl/α,β-unsaturated/α-hetero) is 1. The van der Waals surface area contributed by atoms with Gasteiger partial charge in [-0.3, -0.25) is 9.59 Å². The highest BCUT2D eigenvalue weighted by molar-refractivity contribution is 6.46. The van der Waals surface area contributed by atoms with Crippen LogP contribution in [0.4, 0.5) is 4.39 Å². The number of amides is 1. The fourth-order valence-electron chi connectivity index (χ4n) is 3.81. The monoisotopic (exact) mass is 440 g/mol. The van der Waals surface area contributed by atoms with Crippen LogP contribution in [0.25, 0.3) is 5.76 Å². The number of aliphatic hydroxyl groups is 1. The predicted molar refractivity (Wildman–Crippen MR) is 121 cm³/mol. The van der Waals surface area contributed by atoms with Crippen molar-refractivity contribution in [3.63, 3.8) is 0 Å². The van der Waals surface area contributed by atoms with Gasteiger partial charge in [-0.15, -0.1) is 0 Å². The van der Waals surface area contributed by atoms with Gasteiger partial charge in [0.2, 0.25) is 0 Å². The maximum absolute atomic E-state index is 14.8. The summed E-state index contributed by atoms with van der Waals surface area (Å²) in [6.45, 7) is 4.77. The van der Waals surface area contributed by atoms with E-state index < -0.39 is 23.5 Å². The number of likely N-dealkylation sites (tertiary alicyclic amines) is 1. The lowest BCUT2D eigenvalue weighted by atomic mass is 9.95. The number of hydrogen-bond donors (Lipinski definition) is 1. The van der Waals surface area contributed by atoms with Crippen LogP contribution in [-0.2, 0) is 9.59 Å². The van der Waals surface area contributed by atoms with E-state index in [2.05, 4.69) is 0 Å². The smallest absolute Gasteiger partial charge is 0.295 e. The summed E-state index contributed by atoms with van der Waals surface area (Å²) in [5.74, 6) is -1.81. The molecule has 0 unspecified atom stereocenters. The fraction of sp³-hybridized carbons (Fsp3) is 0.360. The van der Waals surface area contributed by atoms with E-state index in [1.54, 1.807) is 36.4 Å². The average Bonchev–Trinajstić information content (AvgIpc) is 2.98. The first-order valence-electron chi connectivity index (χ1n) is 10.7. The number of ether oxygens (including phenoxy) is 1. The summed E-state index contributed by atoms with van der Waals surface area (Å²) < 4.78 is 20.4. The quantitative estimate of drug-likeness (QED) is 0.382. The molecule has 0 saturated carbocycles. The number of halogens is 1. The van der Waals surface area contributed by atoms with E-state index in [1.807, 2.05) is 32.8 Å². The van der Waals surface area contributed by atoms with Gasteiger partial charge in [-0.1, -0.05) is 18.2 Å². The van der Waals surface area contributed by atoms with Gasteiger partial charge >= 0.3 is 0 Å². The van der Waals surface area contributed by atoms with Gasteiger partial charge in [0.05, 0.1) is 17.7 Å². The molecule has 1 amide bonds. The Kier molecular flexibility index (Phi) is 7.30. The molecule has 0 aliphatic carbocycles. The number of hydrogen-bond acceptors (Lipinski definition) is 5. The first-order valence-corrected chi connectivity index (χ1v) is 10.7. The van der Waals surface area contributed by atoms with Crippen LogP contribution >= 0.6 is 0 Å². The number of rotatable bonds is 8. The van der Waals surface area contributed by atoms with Gasteiger partial charge in [0.1, 0.15) is 17.3 Å². The Morgan fingerprint density at radius 3 is 2.38 bits per heavy atom. The first kappa shape index (κ1) is 23.5. The number of carbonyl (C=O) groups excluding carboxylic acids is 2. The van der Waals surface area contributed by atoms with Crippen LogP contribution in [-0.4, -0.2) is 59.9 Å². The topological polar surface area (TPSA) is 70.1 Å². The maximum Gasteiger partial charge on any atom is 0.295 e. The maximum atomic E-state index is 14.8. The third kappa shape index (κ3) is 4.99. The van der Waals surface area contributed by atoms with Crippen molar-refractivity contribution in [3.8, 4) is 5.75 Å². The molecule has 0 bridgehead atoms. The fourth-order valence-corrected chi connectivity index (χ4v) is 3.81. The first-order chi connectivity index (χ1) is 15.2. The van der Waals surface area contributed by atoms with Crippen molar-refractivity contribution < 1.29 is 23.8 Å². The lowest BCUT2D eigenvalue weighted by Gasteiger charge is -2.26. The van der Waals surface area contributed by atoms with Crippen LogP contribution in [0.2, 0.25) is 0 Å². The summed E-state index contributed by atoms with van der Waals surface area (Å²) in [6.07, 6.45) is 0.592. The summed E-state index contributed by atoms with van der Waals surface area (Å²) in [4.78, 5) is 29.2. The normalized spacial score (nSPS) is 18.1. The highest BCUT2D eigenvalue weighted by Crippen LogP contribution is 2.40. The molecule has 170 valence electrons. The molecule has 3 rings (SSSR count). The van der Waals surface area contributed by atoms with Crippen molar-refractivity contribution in [1.82, 2.24) is 9.80 Å². The molecule has 1 atom stereocenters. The highest BCUT2D eigenvalue weighted by atomic mass is 19.1. The van der Waals surface area contributed by atoms with E-state index in [0.717, 1.165) is 0 Å². The van der Waals surface area contributed by atoms with Crippen molar-refractivity contribution in [2.24, 2.45) is 0 Å². The molecule has 1 heterocycles. The van der Waals surface area contributed by atoms with Crippen molar-refractivity contribution >= 4 is 17.4 Å². The van der Waals surface area contributed by atoms with Gasteiger partial charge < -0.3 is 19.6 Å². The molecular weight excluding hydrogens is 411 g/mol. The minimum Gasteiger partial charge on any atom is -0.507 e. The molecule has 1 aliphatic rings. The van der Waals surface area contributed by atoms with Crippen LogP contribution in [0.1, 0.15) is 37.4 Å². The molecule has 2 aromatic rings. The molecule has 1 aliphatic heterocycles. The summed E-state index contributed by atoms with van der Waals surface area (Å²) in [6, 6.07) is 11.6. The Labute approximate surface area is 187 Å². The molecule has 6 nitrogen and oxygen atoms in total. The van der Waals surface area contributed by atoms with Gasteiger partial charge in [0.25, 0.3) is 11.7 Å². The third-order valence-electron chi connectivity index (χ3n) is 5.24.